The highest BCUT2D eigenvalue weighted by Crippen LogP contribution is 2.32. The Bertz CT molecular complexity index is 1500. The van der Waals surface area contributed by atoms with Crippen LogP contribution in [-0.4, -0.2) is 40.6 Å². The molecule has 0 atom stereocenters. The first kappa shape index (κ1) is 28.1. The Balaban J connectivity index is 0.000000206. The molecule has 9 nitrogen and oxygen atoms in total. The number of aromatic nitrogens is 4. The van der Waals surface area contributed by atoms with E-state index in [4.69, 9.17) is 16.3 Å². The molecule has 0 unspecified atom stereocenters. The molecule has 0 fully saturated rings. The number of halogens is 5. The number of anilines is 1. The van der Waals surface area contributed by atoms with Gasteiger partial charge in [-0.15, -0.1) is 0 Å². The van der Waals surface area contributed by atoms with Gasteiger partial charge in [0, 0.05) is 35.3 Å². The lowest BCUT2D eigenvalue weighted by molar-refractivity contribution is -0.141. The molecule has 0 aliphatic heterocycles. The fraction of sp³-hybridized carbons (Fsp3) is 0.0909. The zero-order valence-electron chi connectivity index (χ0n) is 18.6. The van der Waals surface area contributed by atoms with Gasteiger partial charge in [0.05, 0.1) is 17.8 Å². The second kappa shape index (κ2) is 11.7. The van der Waals surface area contributed by atoms with Crippen molar-refractivity contribution in [3.8, 4) is 22.9 Å². The van der Waals surface area contributed by atoms with Gasteiger partial charge in [-0.1, -0.05) is 17.7 Å². The summed E-state index contributed by atoms with van der Waals surface area (Å²) in [4.78, 5) is 15.0. The van der Waals surface area contributed by atoms with Crippen LogP contribution in [0.3, 0.4) is 0 Å². The van der Waals surface area contributed by atoms with Crippen LogP contribution in [0.15, 0.2) is 76.6 Å². The molecular weight excluding hydrogens is 603 g/mol. The zero-order valence-corrected chi connectivity index (χ0v) is 21.8. The van der Waals surface area contributed by atoms with Gasteiger partial charge in [0.15, 0.2) is 11.6 Å². The number of nitrogens with one attached hydrogen (secondary N) is 1. The van der Waals surface area contributed by atoms with Crippen LogP contribution in [0.2, 0.25) is 5.02 Å². The molecule has 0 saturated carbocycles. The highest BCUT2D eigenvalue weighted by Gasteiger charge is 2.32. The van der Waals surface area contributed by atoms with Crippen molar-refractivity contribution in [2.45, 2.75) is 11.1 Å². The number of ether oxygens (including phenoxy) is 1. The first-order valence-corrected chi connectivity index (χ1v) is 12.6. The van der Waals surface area contributed by atoms with Crippen LogP contribution in [0.1, 0.15) is 5.69 Å². The van der Waals surface area contributed by atoms with Crippen LogP contribution >= 0.6 is 27.5 Å². The number of nitrogens with zero attached hydrogens (tertiary/aromatic N) is 4. The molecule has 4 aromatic heterocycles. The normalized spacial score (nSPS) is 11.3. The van der Waals surface area contributed by atoms with Gasteiger partial charge in [0.2, 0.25) is 0 Å². The summed E-state index contributed by atoms with van der Waals surface area (Å²) in [6.07, 6.45) is 0.854. The van der Waals surface area contributed by atoms with Gasteiger partial charge in [0.1, 0.15) is 22.0 Å². The lowest BCUT2D eigenvalue weighted by atomic mass is 10.2. The summed E-state index contributed by atoms with van der Waals surface area (Å²) >= 11 is 8.81. The smallest absolute Gasteiger partial charge is 0.433 e. The molecule has 15 heteroatoms. The van der Waals surface area contributed by atoms with Gasteiger partial charge in [-0.3, -0.25) is 9.71 Å². The SMILES string of the molecule is COc1cc(Br)cnc1-c1cccc(C(F)(F)F)n1.O=S(=O)(Nc1ncc(Cl)cc1O)c1cccnc1. The van der Waals surface area contributed by atoms with E-state index in [2.05, 4.69) is 40.6 Å². The van der Waals surface area contributed by atoms with Gasteiger partial charge < -0.3 is 9.84 Å². The molecule has 0 spiro atoms. The van der Waals surface area contributed by atoms with E-state index in [0.29, 0.717) is 10.2 Å². The predicted molar refractivity (Wildman–Crippen MR) is 133 cm³/mol. The number of alkyl halides is 3. The second-order valence-corrected chi connectivity index (χ2v) is 9.96. The Morgan fingerprint density at radius 3 is 2.46 bits per heavy atom. The number of hydrogen-bond acceptors (Lipinski definition) is 8. The predicted octanol–water partition coefficient (Wildman–Crippen LogP) is 5.57. The van der Waals surface area contributed by atoms with Crippen LogP contribution < -0.4 is 9.46 Å². The largest absolute Gasteiger partial charge is 0.504 e. The lowest BCUT2D eigenvalue weighted by Gasteiger charge is -2.10. The first-order valence-electron chi connectivity index (χ1n) is 9.92. The summed E-state index contributed by atoms with van der Waals surface area (Å²) in [6.45, 7) is 0. The van der Waals surface area contributed by atoms with Crippen LogP contribution in [0, 0.1) is 0 Å². The standard InChI is InChI=1S/C12H8BrF3N2O.C10H8ClN3O3S/c1-19-9-5-7(13)6-17-11(9)8-3-2-4-10(18-8)12(14,15)16;11-7-4-9(15)10(13-5-7)14-18(16,17)8-2-1-3-12-6-8/h2-6H,1H3;1-6,15H,(H,13,14). The second-order valence-electron chi connectivity index (χ2n) is 6.93. The van der Waals surface area contributed by atoms with Crippen molar-refractivity contribution in [2.75, 3.05) is 11.8 Å². The van der Waals surface area contributed by atoms with Gasteiger partial charge in [0.25, 0.3) is 10.0 Å². The Labute approximate surface area is 222 Å². The molecule has 0 aromatic carbocycles. The number of sulfonamides is 1. The Kier molecular flexibility index (Phi) is 8.89. The molecule has 194 valence electrons. The summed E-state index contributed by atoms with van der Waals surface area (Å²) in [5.41, 5.74) is -0.590. The van der Waals surface area contributed by atoms with Gasteiger partial charge >= 0.3 is 6.18 Å². The van der Waals surface area contributed by atoms with Gasteiger partial charge in [-0.05, 0) is 46.3 Å². The average Bonchev–Trinajstić information content (AvgIpc) is 2.86. The fourth-order valence-electron chi connectivity index (χ4n) is 2.69. The van der Waals surface area contributed by atoms with Crippen molar-refractivity contribution >= 4 is 43.4 Å². The molecule has 4 heterocycles. The monoisotopic (exact) mass is 617 g/mol. The molecule has 2 N–H and O–H groups in total. The van der Waals surface area contributed by atoms with Crippen molar-refractivity contribution in [2.24, 2.45) is 0 Å². The number of methoxy groups -OCH3 is 1. The first-order chi connectivity index (χ1) is 17.4. The van der Waals surface area contributed by atoms with E-state index in [9.17, 15) is 26.7 Å². The molecular formula is C22H16BrClF3N5O4S. The zero-order chi connectivity index (χ0) is 27.2. The fourth-order valence-corrected chi connectivity index (χ4v) is 4.14. The van der Waals surface area contributed by atoms with E-state index in [1.165, 1.54) is 62.2 Å². The molecule has 0 saturated heterocycles. The topological polar surface area (TPSA) is 127 Å². The number of hydrogen-bond donors (Lipinski definition) is 2. The maximum absolute atomic E-state index is 12.6. The maximum Gasteiger partial charge on any atom is 0.433 e. The minimum absolute atomic E-state index is 0.0267. The van der Waals surface area contributed by atoms with Gasteiger partial charge in [-0.25, -0.2) is 23.4 Å². The van der Waals surface area contributed by atoms with Crippen molar-refractivity contribution in [1.29, 1.82) is 0 Å². The Morgan fingerprint density at radius 1 is 1.08 bits per heavy atom. The van der Waals surface area contributed by atoms with Crippen molar-refractivity contribution < 1.29 is 31.4 Å². The van der Waals surface area contributed by atoms with E-state index in [1.54, 1.807) is 6.07 Å². The lowest BCUT2D eigenvalue weighted by Crippen LogP contribution is -2.14. The summed E-state index contributed by atoms with van der Waals surface area (Å²) < 4.78 is 69.5. The van der Waals surface area contributed by atoms with E-state index in [1.807, 2.05) is 0 Å². The van der Waals surface area contributed by atoms with Crippen LogP contribution in [0.25, 0.3) is 11.4 Å². The quantitative estimate of drug-likeness (QED) is 0.297. The van der Waals surface area contributed by atoms with E-state index >= 15 is 0 Å². The number of rotatable bonds is 5. The molecule has 0 radical (unpaired) electrons. The summed E-state index contributed by atoms with van der Waals surface area (Å²) in [5.74, 6) is -0.195. The summed E-state index contributed by atoms with van der Waals surface area (Å²) in [5, 5.41) is 9.72. The van der Waals surface area contributed by atoms with Gasteiger partial charge in [-0.2, -0.15) is 13.2 Å². The third kappa shape index (κ3) is 7.50. The van der Waals surface area contributed by atoms with Crippen LogP contribution in [0.4, 0.5) is 19.0 Å². The van der Waals surface area contributed by atoms with E-state index in [-0.39, 0.29) is 32.9 Å². The highest BCUT2D eigenvalue weighted by atomic mass is 79.9. The van der Waals surface area contributed by atoms with E-state index < -0.39 is 21.9 Å². The van der Waals surface area contributed by atoms with Crippen molar-refractivity contribution in [3.05, 3.63) is 82.4 Å². The Morgan fingerprint density at radius 2 is 1.84 bits per heavy atom. The highest BCUT2D eigenvalue weighted by molar-refractivity contribution is 9.10. The molecule has 4 rings (SSSR count). The maximum atomic E-state index is 12.6. The number of aromatic hydroxyl groups is 1. The summed E-state index contributed by atoms with van der Waals surface area (Å²) in [7, 11) is -2.41. The Hall–Kier alpha value is -3.49. The third-order valence-electron chi connectivity index (χ3n) is 4.33. The molecule has 4 aromatic rings. The molecule has 0 aliphatic rings. The third-order valence-corrected chi connectivity index (χ3v) is 6.30. The minimum Gasteiger partial charge on any atom is -0.504 e. The number of pyridine rings is 4. The van der Waals surface area contributed by atoms with Crippen molar-refractivity contribution in [3.63, 3.8) is 0 Å². The summed E-state index contributed by atoms with van der Waals surface area (Å²) in [6, 6.07) is 9.32. The minimum atomic E-state index is -4.49. The molecule has 0 bridgehead atoms. The molecule has 0 aliphatic carbocycles. The van der Waals surface area contributed by atoms with Crippen molar-refractivity contribution in [1.82, 2.24) is 19.9 Å². The van der Waals surface area contributed by atoms with Crippen LogP contribution in [0.5, 0.6) is 11.5 Å². The average molecular weight is 619 g/mol. The van der Waals surface area contributed by atoms with Crippen LogP contribution in [-0.2, 0) is 16.2 Å². The molecule has 0 amide bonds. The van der Waals surface area contributed by atoms with E-state index in [0.717, 1.165) is 6.07 Å². The molecule has 37 heavy (non-hydrogen) atoms.